The molecule has 0 amide bonds. The Bertz CT molecular complexity index is 90.2. The minimum Gasteiger partial charge on any atom is -0.467 e. The Morgan fingerprint density at radius 2 is 2.22 bits per heavy atom. The Hall–Kier alpha value is -0.220. The topological polar surface area (TPSA) is 35.5 Å². The van der Waals surface area contributed by atoms with Crippen LogP contribution in [-0.4, -0.2) is 32.0 Å². The van der Waals surface area contributed by atoms with Crippen molar-refractivity contribution in [1.82, 2.24) is 0 Å². The summed E-state index contributed by atoms with van der Waals surface area (Å²) < 4.78 is 9.08. The van der Waals surface area contributed by atoms with E-state index in [1.165, 1.54) is 14.2 Å². The van der Waals surface area contributed by atoms with Crippen LogP contribution in [0.15, 0.2) is 0 Å². The van der Waals surface area contributed by atoms with E-state index in [0.717, 1.165) is 0 Å². The molecule has 0 aromatic carbocycles. The monoisotopic (exact) mass is 150 g/mol. The van der Waals surface area contributed by atoms with Gasteiger partial charge in [-0.25, -0.2) is 4.79 Å². The molecule has 0 aliphatic carbocycles. The molecule has 0 saturated carbocycles. The number of hydrogen-bond donors (Lipinski definition) is 1. The summed E-state index contributed by atoms with van der Waals surface area (Å²) in [4.78, 5) is 10.6. The number of hydrogen-bond acceptors (Lipinski definition) is 4. The molecule has 0 fully saturated rings. The maximum absolute atomic E-state index is 10.6. The molecule has 0 bridgehead atoms. The number of esters is 1. The van der Waals surface area contributed by atoms with Crippen LogP contribution >= 0.6 is 12.6 Å². The van der Waals surface area contributed by atoms with Gasteiger partial charge in [-0.2, -0.15) is 12.6 Å². The van der Waals surface area contributed by atoms with Crippen molar-refractivity contribution in [3.05, 3.63) is 0 Å². The van der Waals surface area contributed by atoms with E-state index >= 15 is 0 Å². The fourth-order valence-electron chi connectivity index (χ4n) is 0.377. The highest BCUT2D eigenvalue weighted by molar-refractivity contribution is 7.80. The average Bonchev–Trinajstić information content (AvgIpc) is 1.90. The van der Waals surface area contributed by atoms with E-state index in [4.69, 9.17) is 4.74 Å². The SMILES string of the molecule is COC(=O)C(CS)OC. The Morgan fingerprint density at radius 3 is 2.33 bits per heavy atom. The fourth-order valence-corrected chi connectivity index (χ4v) is 0.675. The minimum absolute atomic E-state index is 0.350. The van der Waals surface area contributed by atoms with Gasteiger partial charge in [-0.15, -0.1) is 0 Å². The van der Waals surface area contributed by atoms with Gasteiger partial charge >= 0.3 is 5.97 Å². The number of carbonyl (C=O) groups is 1. The first-order valence-electron chi connectivity index (χ1n) is 2.47. The Kier molecular flexibility index (Phi) is 4.53. The van der Waals surface area contributed by atoms with E-state index in [0.29, 0.717) is 5.75 Å². The van der Waals surface area contributed by atoms with Crippen LogP contribution in [0, 0.1) is 0 Å². The lowest BCUT2D eigenvalue weighted by molar-refractivity contribution is -0.150. The third-order valence-corrected chi connectivity index (χ3v) is 1.25. The van der Waals surface area contributed by atoms with Crippen molar-refractivity contribution in [3.8, 4) is 0 Å². The second-order valence-corrected chi connectivity index (χ2v) is 1.80. The van der Waals surface area contributed by atoms with Crippen LogP contribution in [0.2, 0.25) is 0 Å². The summed E-state index contributed by atoms with van der Waals surface area (Å²) in [7, 11) is 2.76. The number of methoxy groups -OCH3 is 2. The highest BCUT2D eigenvalue weighted by Crippen LogP contribution is 1.94. The maximum atomic E-state index is 10.6. The van der Waals surface area contributed by atoms with Gasteiger partial charge in [-0.1, -0.05) is 0 Å². The zero-order valence-corrected chi connectivity index (χ0v) is 6.35. The lowest BCUT2D eigenvalue weighted by Gasteiger charge is -2.07. The van der Waals surface area contributed by atoms with E-state index in [-0.39, 0.29) is 5.97 Å². The Balaban J connectivity index is 3.64. The summed E-state index contributed by atoms with van der Waals surface area (Å²) in [6.07, 6.45) is -0.529. The lowest BCUT2D eigenvalue weighted by Crippen LogP contribution is -2.25. The largest absolute Gasteiger partial charge is 0.467 e. The van der Waals surface area contributed by atoms with E-state index in [2.05, 4.69) is 17.4 Å². The van der Waals surface area contributed by atoms with Gasteiger partial charge in [0.1, 0.15) is 0 Å². The molecule has 0 aromatic heterocycles. The summed E-state index contributed by atoms with van der Waals surface area (Å²) in [5, 5.41) is 0. The van der Waals surface area contributed by atoms with Crippen molar-refractivity contribution in [2.75, 3.05) is 20.0 Å². The molecule has 9 heavy (non-hydrogen) atoms. The predicted octanol–water partition coefficient (Wildman–Crippen LogP) is 0.104. The summed E-state index contributed by atoms with van der Waals surface area (Å²) in [5.74, 6) is -0.0316. The second-order valence-electron chi connectivity index (χ2n) is 1.43. The number of thiol groups is 1. The molecule has 0 rings (SSSR count). The van der Waals surface area contributed by atoms with Crippen molar-refractivity contribution >= 4 is 18.6 Å². The van der Waals surface area contributed by atoms with Crippen LogP contribution < -0.4 is 0 Å². The van der Waals surface area contributed by atoms with Crippen LogP contribution in [0.25, 0.3) is 0 Å². The molecule has 0 heterocycles. The van der Waals surface area contributed by atoms with E-state index in [9.17, 15) is 4.79 Å². The predicted molar refractivity (Wildman–Crippen MR) is 36.7 cm³/mol. The van der Waals surface area contributed by atoms with Crippen LogP contribution in [0.1, 0.15) is 0 Å². The molecule has 54 valence electrons. The van der Waals surface area contributed by atoms with Crippen LogP contribution in [0.4, 0.5) is 0 Å². The molecule has 3 nitrogen and oxygen atoms in total. The Labute approximate surface area is 59.7 Å². The lowest BCUT2D eigenvalue weighted by atomic mass is 10.4. The average molecular weight is 150 g/mol. The zero-order chi connectivity index (χ0) is 7.28. The normalized spacial score (nSPS) is 12.8. The smallest absolute Gasteiger partial charge is 0.335 e. The van der Waals surface area contributed by atoms with Crippen LogP contribution in [0.3, 0.4) is 0 Å². The Morgan fingerprint density at radius 1 is 1.67 bits per heavy atom. The van der Waals surface area contributed by atoms with Gasteiger partial charge in [0.2, 0.25) is 0 Å². The quantitative estimate of drug-likeness (QED) is 0.458. The van der Waals surface area contributed by atoms with Gasteiger partial charge < -0.3 is 9.47 Å². The second kappa shape index (κ2) is 4.64. The van der Waals surface area contributed by atoms with Gasteiger partial charge in [0.15, 0.2) is 6.10 Å². The minimum atomic E-state index is -0.529. The zero-order valence-electron chi connectivity index (χ0n) is 5.46. The van der Waals surface area contributed by atoms with Crippen LogP contribution in [0.5, 0.6) is 0 Å². The first-order chi connectivity index (χ1) is 4.26. The van der Waals surface area contributed by atoms with E-state index < -0.39 is 6.10 Å². The van der Waals surface area contributed by atoms with Crippen LogP contribution in [-0.2, 0) is 14.3 Å². The first kappa shape index (κ1) is 8.78. The third kappa shape index (κ3) is 2.72. The molecule has 0 N–H and O–H groups in total. The molecule has 0 aliphatic heterocycles. The number of rotatable bonds is 3. The molecule has 1 atom stereocenters. The molecule has 0 saturated heterocycles. The summed E-state index contributed by atoms with van der Waals surface area (Å²) >= 11 is 3.86. The van der Waals surface area contributed by atoms with Gasteiger partial charge in [-0.05, 0) is 0 Å². The summed E-state index contributed by atoms with van der Waals surface area (Å²) in [5.41, 5.74) is 0. The highest BCUT2D eigenvalue weighted by atomic mass is 32.1. The van der Waals surface area contributed by atoms with Gasteiger partial charge in [0.05, 0.1) is 7.11 Å². The first-order valence-corrected chi connectivity index (χ1v) is 3.11. The standard InChI is InChI=1S/C5H10O3S/c1-7-4(3-9)5(6)8-2/h4,9H,3H2,1-2H3. The van der Waals surface area contributed by atoms with Gasteiger partial charge in [0.25, 0.3) is 0 Å². The van der Waals surface area contributed by atoms with Gasteiger partial charge in [-0.3, -0.25) is 0 Å². The van der Waals surface area contributed by atoms with E-state index in [1.54, 1.807) is 0 Å². The molecule has 0 aromatic rings. The summed E-state index contributed by atoms with van der Waals surface area (Å²) in [6, 6.07) is 0. The van der Waals surface area contributed by atoms with Crippen molar-refractivity contribution < 1.29 is 14.3 Å². The van der Waals surface area contributed by atoms with Crippen molar-refractivity contribution in [2.45, 2.75) is 6.10 Å². The van der Waals surface area contributed by atoms with Crippen molar-refractivity contribution in [1.29, 1.82) is 0 Å². The van der Waals surface area contributed by atoms with Crippen molar-refractivity contribution in [2.24, 2.45) is 0 Å². The fraction of sp³-hybridized carbons (Fsp3) is 0.800. The maximum Gasteiger partial charge on any atom is 0.335 e. The molecule has 0 spiro atoms. The molecule has 0 aliphatic rings. The molecule has 1 unspecified atom stereocenters. The highest BCUT2D eigenvalue weighted by Gasteiger charge is 2.14. The molecular weight excluding hydrogens is 140 g/mol. The van der Waals surface area contributed by atoms with Crippen molar-refractivity contribution in [3.63, 3.8) is 0 Å². The van der Waals surface area contributed by atoms with E-state index in [1.807, 2.05) is 0 Å². The molecular formula is C5H10O3S. The molecule has 4 heteroatoms. The third-order valence-electron chi connectivity index (χ3n) is 0.914. The number of ether oxygens (including phenoxy) is 2. The summed E-state index contributed by atoms with van der Waals surface area (Å²) in [6.45, 7) is 0. The number of carbonyl (C=O) groups excluding carboxylic acids is 1. The van der Waals surface area contributed by atoms with Gasteiger partial charge in [0, 0.05) is 12.9 Å². The molecule has 0 radical (unpaired) electrons.